The number of carbonyl (C=O) groups is 1. The van der Waals surface area contributed by atoms with Crippen molar-refractivity contribution in [1.29, 1.82) is 0 Å². The minimum Gasteiger partial charge on any atom is -0.353 e. The summed E-state index contributed by atoms with van der Waals surface area (Å²) in [6.45, 7) is 1.06. The molecule has 27 heavy (non-hydrogen) atoms. The molecule has 0 aliphatic carbocycles. The summed E-state index contributed by atoms with van der Waals surface area (Å²) in [5.41, 5.74) is 0.450. The molecule has 1 aromatic heterocycles. The molecular weight excluding hydrogens is 374 g/mol. The zero-order valence-electron chi connectivity index (χ0n) is 14.8. The lowest BCUT2D eigenvalue weighted by atomic mass is 10.0. The normalized spacial score (nSPS) is 16.1. The van der Waals surface area contributed by atoms with Crippen molar-refractivity contribution in [2.24, 2.45) is 0 Å². The van der Waals surface area contributed by atoms with Crippen LogP contribution < -0.4 is 10.9 Å². The van der Waals surface area contributed by atoms with E-state index >= 15 is 0 Å². The number of piperidine rings is 1. The third-order valence-electron chi connectivity index (χ3n) is 4.80. The molecule has 1 aliphatic heterocycles. The van der Waals surface area contributed by atoms with Crippen LogP contribution in [0.3, 0.4) is 0 Å². The molecule has 1 aliphatic rings. The molecule has 0 radical (unpaired) electrons. The fourth-order valence-corrected chi connectivity index (χ4v) is 3.65. The van der Waals surface area contributed by atoms with Gasteiger partial charge in [0.15, 0.2) is 4.77 Å². The van der Waals surface area contributed by atoms with Crippen LogP contribution >= 0.6 is 12.2 Å². The third kappa shape index (κ3) is 4.98. The second-order valence-electron chi connectivity index (χ2n) is 6.72. The van der Waals surface area contributed by atoms with Crippen LogP contribution in [0.25, 0.3) is 10.9 Å². The molecule has 2 aromatic rings. The summed E-state index contributed by atoms with van der Waals surface area (Å²) in [6, 6.07) is 7.07. The number of H-pyrrole nitrogens is 1. The van der Waals surface area contributed by atoms with Crippen LogP contribution in [0, 0.1) is 4.77 Å². The Bertz CT molecular complexity index is 919. The van der Waals surface area contributed by atoms with E-state index in [-0.39, 0.29) is 41.8 Å². The zero-order valence-corrected chi connectivity index (χ0v) is 15.6. The van der Waals surface area contributed by atoms with Gasteiger partial charge in [0.05, 0.1) is 17.4 Å². The molecule has 0 saturated carbocycles. The standard InChI is InChI=1S/C18H22F2N4O2S/c19-15(20)11-23-8-5-12(6-9-23)21-16(25)7-10-24-17(26)13-3-1-2-4-14(13)22-18(24)27/h1-4,12,15H,5-11H2,(H,21,25)(H,22,27). The first-order valence-corrected chi connectivity index (χ1v) is 9.36. The van der Waals surface area contributed by atoms with Crippen molar-refractivity contribution in [3.8, 4) is 0 Å². The van der Waals surface area contributed by atoms with Crippen LogP contribution in [0.1, 0.15) is 19.3 Å². The topological polar surface area (TPSA) is 70.1 Å². The van der Waals surface area contributed by atoms with Crippen LogP contribution in [0.5, 0.6) is 0 Å². The van der Waals surface area contributed by atoms with Crippen molar-refractivity contribution in [3.05, 3.63) is 39.4 Å². The summed E-state index contributed by atoms with van der Waals surface area (Å²) < 4.78 is 26.5. The molecule has 0 bridgehead atoms. The summed E-state index contributed by atoms with van der Waals surface area (Å²) in [4.78, 5) is 29.5. The van der Waals surface area contributed by atoms with Gasteiger partial charge in [0.1, 0.15) is 0 Å². The predicted octanol–water partition coefficient (Wildman–Crippen LogP) is 2.29. The fraction of sp³-hybridized carbons (Fsp3) is 0.500. The highest BCUT2D eigenvalue weighted by molar-refractivity contribution is 7.71. The number of carbonyl (C=O) groups excluding carboxylic acids is 1. The van der Waals surface area contributed by atoms with Gasteiger partial charge in [-0.2, -0.15) is 0 Å². The molecule has 1 aromatic carbocycles. The maximum absolute atomic E-state index is 12.6. The SMILES string of the molecule is O=C(CCn1c(=S)[nH]c2ccccc2c1=O)NC1CCN(CC(F)F)CC1. The van der Waals surface area contributed by atoms with Gasteiger partial charge >= 0.3 is 0 Å². The average Bonchev–Trinajstić information content (AvgIpc) is 2.63. The number of hydrogen-bond acceptors (Lipinski definition) is 4. The number of hydrogen-bond donors (Lipinski definition) is 2. The molecule has 2 N–H and O–H groups in total. The Morgan fingerprint density at radius 3 is 2.70 bits per heavy atom. The van der Waals surface area contributed by atoms with Crippen molar-refractivity contribution >= 4 is 29.0 Å². The second-order valence-corrected chi connectivity index (χ2v) is 7.10. The van der Waals surface area contributed by atoms with Gasteiger partial charge in [-0.05, 0) is 37.2 Å². The number of likely N-dealkylation sites (tertiary alicyclic amines) is 1. The molecule has 6 nitrogen and oxygen atoms in total. The van der Waals surface area contributed by atoms with E-state index in [2.05, 4.69) is 10.3 Å². The number of nitrogens with one attached hydrogen (secondary N) is 2. The van der Waals surface area contributed by atoms with Gasteiger partial charge in [0.2, 0.25) is 5.91 Å². The number of amides is 1. The number of benzene rings is 1. The molecule has 3 rings (SSSR count). The van der Waals surface area contributed by atoms with E-state index in [4.69, 9.17) is 12.2 Å². The Morgan fingerprint density at radius 2 is 2.00 bits per heavy atom. The van der Waals surface area contributed by atoms with Crippen molar-refractivity contribution in [3.63, 3.8) is 0 Å². The Morgan fingerprint density at radius 1 is 1.30 bits per heavy atom. The summed E-state index contributed by atoms with van der Waals surface area (Å²) >= 11 is 5.24. The summed E-state index contributed by atoms with van der Waals surface area (Å²) in [6.07, 6.45) is -0.906. The summed E-state index contributed by atoms with van der Waals surface area (Å²) in [5.74, 6) is -0.170. The summed E-state index contributed by atoms with van der Waals surface area (Å²) in [5, 5.41) is 3.45. The molecular formula is C18H22F2N4O2S. The van der Waals surface area contributed by atoms with Gasteiger partial charge in [0, 0.05) is 32.1 Å². The van der Waals surface area contributed by atoms with E-state index in [1.807, 2.05) is 6.07 Å². The lowest BCUT2D eigenvalue weighted by Crippen LogP contribution is -2.46. The smallest absolute Gasteiger partial charge is 0.262 e. The molecule has 2 heterocycles. The van der Waals surface area contributed by atoms with E-state index < -0.39 is 6.43 Å². The van der Waals surface area contributed by atoms with Gasteiger partial charge in [-0.15, -0.1) is 0 Å². The number of alkyl halides is 2. The number of nitrogens with zero attached hydrogens (tertiary/aromatic N) is 2. The lowest BCUT2D eigenvalue weighted by molar-refractivity contribution is -0.122. The largest absolute Gasteiger partial charge is 0.353 e. The Kier molecular flexibility index (Phi) is 6.33. The Hall–Kier alpha value is -2.13. The number of para-hydroxylation sites is 1. The lowest BCUT2D eigenvalue weighted by Gasteiger charge is -2.32. The molecule has 0 spiro atoms. The minimum atomic E-state index is -2.33. The van der Waals surface area contributed by atoms with E-state index in [0.717, 1.165) is 0 Å². The number of fused-ring (bicyclic) bond motifs is 1. The molecule has 1 saturated heterocycles. The first-order valence-electron chi connectivity index (χ1n) is 8.96. The zero-order chi connectivity index (χ0) is 19.4. The number of rotatable bonds is 6. The minimum absolute atomic E-state index is 0.0192. The van der Waals surface area contributed by atoms with Crippen molar-refractivity contribution in [1.82, 2.24) is 19.8 Å². The first kappa shape index (κ1) is 19.6. The van der Waals surface area contributed by atoms with Gasteiger partial charge in [-0.25, -0.2) is 8.78 Å². The predicted molar refractivity (Wildman–Crippen MR) is 102 cm³/mol. The molecule has 1 amide bonds. The van der Waals surface area contributed by atoms with Crippen molar-refractivity contribution in [2.75, 3.05) is 19.6 Å². The van der Waals surface area contributed by atoms with Crippen LogP contribution in [0.4, 0.5) is 8.78 Å². The fourth-order valence-electron chi connectivity index (χ4n) is 3.37. The van der Waals surface area contributed by atoms with E-state index in [9.17, 15) is 18.4 Å². The van der Waals surface area contributed by atoms with E-state index in [1.165, 1.54) is 4.57 Å². The van der Waals surface area contributed by atoms with Gasteiger partial charge < -0.3 is 10.3 Å². The summed E-state index contributed by atoms with van der Waals surface area (Å²) in [7, 11) is 0. The number of halogens is 2. The van der Waals surface area contributed by atoms with Crippen LogP contribution in [-0.4, -0.2) is 52.5 Å². The van der Waals surface area contributed by atoms with E-state index in [1.54, 1.807) is 23.1 Å². The highest BCUT2D eigenvalue weighted by Gasteiger charge is 2.22. The van der Waals surface area contributed by atoms with Crippen LogP contribution in [-0.2, 0) is 11.3 Å². The Labute approximate surface area is 160 Å². The molecule has 0 atom stereocenters. The highest BCUT2D eigenvalue weighted by atomic mass is 32.1. The monoisotopic (exact) mass is 396 g/mol. The number of aromatic nitrogens is 2. The molecule has 1 fully saturated rings. The van der Waals surface area contributed by atoms with Crippen molar-refractivity contribution < 1.29 is 13.6 Å². The van der Waals surface area contributed by atoms with Gasteiger partial charge in [-0.1, -0.05) is 12.1 Å². The molecule has 146 valence electrons. The van der Waals surface area contributed by atoms with E-state index in [0.29, 0.717) is 36.8 Å². The highest BCUT2D eigenvalue weighted by Crippen LogP contribution is 2.12. The average molecular weight is 396 g/mol. The maximum atomic E-state index is 12.6. The molecule has 0 unspecified atom stereocenters. The van der Waals surface area contributed by atoms with Gasteiger partial charge in [-0.3, -0.25) is 19.1 Å². The molecule has 9 heteroatoms. The second kappa shape index (κ2) is 8.71. The maximum Gasteiger partial charge on any atom is 0.262 e. The quantitative estimate of drug-likeness (QED) is 0.735. The van der Waals surface area contributed by atoms with Crippen LogP contribution in [0.15, 0.2) is 29.1 Å². The van der Waals surface area contributed by atoms with Crippen LogP contribution in [0.2, 0.25) is 0 Å². The van der Waals surface area contributed by atoms with Gasteiger partial charge in [0.25, 0.3) is 12.0 Å². The Balaban J connectivity index is 1.55. The first-order chi connectivity index (χ1) is 12.9. The number of aromatic amines is 1. The van der Waals surface area contributed by atoms with Crippen molar-refractivity contribution in [2.45, 2.75) is 38.3 Å². The third-order valence-corrected chi connectivity index (χ3v) is 5.12.